The van der Waals surface area contributed by atoms with Crippen molar-refractivity contribution in [3.63, 3.8) is 0 Å². The molecule has 4 rings (SSSR count). The van der Waals surface area contributed by atoms with Gasteiger partial charge in [0.25, 0.3) is 0 Å². The summed E-state index contributed by atoms with van der Waals surface area (Å²) in [7, 11) is 0. The second-order valence-electron chi connectivity index (χ2n) is 9.26. The molecule has 8 nitrogen and oxygen atoms in total. The maximum Gasteiger partial charge on any atom is 0.303 e. The van der Waals surface area contributed by atoms with Gasteiger partial charge in [0.05, 0.1) is 12.8 Å². The quantitative estimate of drug-likeness (QED) is 0.414. The molecular weight excluding hydrogens is 448 g/mol. The molecule has 2 aromatic rings. The van der Waals surface area contributed by atoms with Crippen molar-refractivity contribution in [1.29, 1.82) is 0 Å². The average molecular weight is 485 g/mol. The fourth-order valence-corrected chi connectivity index (χ4v) is 4.67. The van der Waals surface area contributed by atoms with Crippen molar-refractivity contribution in [2.75, 3.05) is 37.6 Å². The van der Waals surface area contributed by atoms with Gasteiger partial charge in [-0.15, -0.1) is 0 Å². The number of nitrogens with zero attached hydrogens (tertiary/aromatic N) is 2. The molecule has 1 aliphatic carbocycles. The van der Waals surface area contributed by atoms with Gasteiger partial charge in [-0.3, -0.25) is 14.5 Å². The lowest BCUT2D eigenvalue weighted by Crippen LogP contribution is -2.47. The van der Waals surface area contributed by atoms with Crippen LogP contribution in [-0.2, 0) is 16.0 Å². The van der Waals surface area contributed by atoms with Crippen molar-refractivity contribution >= 4 is 17.6 Å². The molecule has 35 heavy (non-hydrogen) atoms. The number of hydrogen-bond donors (Lipinski definition) is 4. The van der Waals surface area contributed by atoms with Crippen LogP contribution in [0.25, 0.3) is 0 Å². The number of benzene rings is 2. The summed E-state index contributed by atoms with van der Waals surface area (Å²) in [5, 5.41) is 34.8. The highest BCUT2D eigenvalue weighted by Gasteiger charge is 2.19. The first-order valence-corrected chi connectivity index (χ1v) is 12.3. The van der Waals surface area contributed by atoms with E-state index in [1.165, 1.54) is 36.9 Å². The third-order valence-electron chi connectivity index (χ3n) is 6.77. The Hall–Kier alpha value is -3.26. The van der Waals surface area contributed by atoms with Crippen LogP contribution in [0.5, 0.6) is 11.5 Å². The summed E-state index contributed by atoms with van der Waals surface area (Å²) < 4.78 is 0. The number of phenolic OH excluding ortho intramolecular Hbond substituents is 2. The zero-order chi connectivity index (χ0) is 25.2. The Kier molecular flexibility index (Phi) is 9.78. The van der Waals surface area contributed by atoms with Gasteiger partial charge in [0.2, 0.25) is 0 Å². The van der Waals surface area contributed by atoms with Gasteiger partial charge < -0.3 is 25.3 Å². The van der Waals surface area contributed by atoms with Gasteiger partial charge in [-0.25, -0.2) is 0 Å². The number of aromatic hydroxyl groups is 2. The first-order valence-electron chi connectivity index (χ1n) is 12.3. The molecule has 2 aromatic carbocycles. The Morgan fingerprint density at radius 2 is 1.40 bits per heavy atom. The molecule has 0 spiro atoms. The number of rotatable bonds is 8. The van der Waals surface area contributed by atoms with E-state index in [0.29, 0.717) is 0 Å². The Labute approximate surface area is 206 Å². The van der Waals surface area contributed by atoms with Crippen LogP contribution in [-0.4, -0.2) is 70.0 Å². The van der Waals surface area contributed by atoms with Crippen LogP contribution < -0.4 is 4.90 Å². The van der Waals surface area contributed by atoms with Crippen LogP contribution in [0.1, 0.15) is 55.6 Å². The van der Waals surface area contributed by atoms with Crippen molar-refractivity contribution in [1.82, 2.24) is 4.90 Å². The minimum atomic E-state index is -1.08. The smallest absolute Gasteiger partial charge is 0.303 e. The number of carbonyl (C=O) groups is 2. The van der Waals surface area contributed by atoms with Crippen LogP contribution >= 0.6 is 0 Å². The zero-order valence-electron chi connectivity index (χ0n) is 20.1. The lowest BCUT2D eigenvalue weighted by Gasteiger charge is -2.36. The highest BCUT2D eigenvalue weighted by atomic mass is 16.4. The van der Waals surface area contributed by atoms with E-state index in [9.17, 15) is 19.8 Å². The molecule has 0 aromatic heterocycles. The molecule has 0 amide bonds. The SMILES string of the molecule is O=C(O)CCC(=O)O.Oc1ccc(CCN2CCN(c3ccc(C4CCCC4)cc3)CC2)cc1O. The number of carboxylic acid groups (broad SMARTS) is 2. The molecule has 0 unspecified atom stereocenters. The van der Waals surface area contributed by atoms with Crippen LogP contribution in [0.4, 0.5) is 5.69 Å². The second kappa shape index (κ2) is 13.0. The number of carboxylic acids is 2. The van der Waals surface area contributed by atoms with E-state index in [-0.39, 0.29) is 24.3 Å². The summed E-state index contributed by atoms with van der Waals surface area (Å²) in [4.78, 5) is 24.2. The Bertz CT molecular complexity index is 950. The number of phenols is 2. The first-order chi connectivity index (χ1) is 16.8. The third kappa shape index (κ3) is 8.47. The molecular formula is C27H36N2O6. The van der Waals surface area contributed by atoms with Crippen LogP contribution in [0.3, 0.4) is 0 Å². The highest BCUT2D eigenvalue weighted by molar-refractivity contribution is 5.75. The lowest BCUT2D eigenvalue weighted by atomic mass is 9.97. The fourth-order valence-electron chi connectivity index (χ4n) is 4.67. The molecule has 4 N–H and O–H groups in total. The lowest BCUT2D eigenvalue weighted by molar-refractivity contribution is -0.143. The molecule has 0 atom stereocenters. The molecule has 1 saturated carbocycles. The number of aliphatic carboxylic acids is 2. The summed E-state index contributed by atoms with van der Waals surface area (Å²) in [6.45, 7) is 5.23. The van der Waals surface area contributed by atoms with Crippen LogP contribution in [0, 0.1) is 0 Å². The van der Waals surface area contributed by atoms with Gasteiger partial charge in [0.15, 0.2) is 11.5 Å². The second-order valence-corrected chi connectivity index (χ2v) is 9.26. The van der Waals surface area contributed by atoms with Crippen LogP contribution in [0.2, 0.25) is 0 Å². The van der Waals surface area contributed by atoms with E-state index >= 15 is 0 Å². The van der Waals surface area contributed by atoms with E-state index in [1.807, 2.05) is 6.07 Å². The molecule has 2 aliphatic rings. The van der Waals surface area contributed by atoms with Gasteiger partial charge in [0, 0.05) is 38.4 Å². The monoisotopic (exact) mass is 484 g/mol. The predicted octanol–water partition coefficient (Wildman–Crippen LogP) is 4.06. The van der Waals surface area contributed by atoms with Crippen molar-refractivity contribution < 1.29 is 30.0 Å². The summed E-state index contributed by atoms with van der Waals surface area (Å²) >= 11 is 0. The maximum atomic E-state index is 9.64. The average Bonchev–Trinajstić information content (AvgIpc) is 3.39. The molecule has 1 heterocycles. The molecule has 0 radical (unpaired) electrons. The van der Waals surface area contributed by atoms with Crippen LogP contribution in [0.15, 0.2) is 42.5 Å². The normalized spacial score (nSPS) is 16.5. The van der Waals surface area contributed by atoms with E-state index in [4.69, 9.17) is 10.2 Å². The van der Waals surface area contributed by atoms with Crippen molar-refractivity contribution in [2.24, 2.45) is 0 Å². The molecule has 8 heteroatoms. The summed E-state index contributed by atoms with van der Waals surface area (Å²) in [5.74, 6) is -1.44. The minimum absolute atomic E-state index is 0.0293. The van der Waals surface area contributed by atoms with Crippen molar-refractivity contribution in [3.8, 4) is 11.5 Å². The zero-order valence-corrected chi connectivity index (χ0v) is 20.1. The largest absolute Gasteiger partial charge is 0.504 e. The van der Waals surface area contributed by atoms with Gasteiger partial charge in [-0.1, -0.05) is 31.0 Å². The summed E-state index contributed by atoms with van der Waals surface area (Å²) in [6, 6.07) is 14.4. The van der Waals surface area contributed by atoms with Gasteiger partial charge in [-0.05, 0) is 60.6 Å². The Morgan fingerprint density at radius 1 is 0.800 bits per heavy atom. The molecule has 2 fully saturated rings. The standard InChI is InChI=1S/C23H30N2O2.C4H6O4/c26-22-10-5-18(17-23(22)27)11-12-24-13-15-25(16-14-24)21-8-6-20(7-9-21)19-3-1-2-4-19;5-3(6)1-2-4(7)8/h5-10,17,19,26-27H,1-4,11-16H2;1-2H2,(H,5,6)(H,7,8). The third-order valence-corrected chi connectivity index (χ3v) is 6.77. The summed E-state index contributed by atoms with van der Waals surface area (Å²) in [6.07, 6.45) is 5.79. The van der Waals surface area contributed by atoms with E-state index < -0.39 is 11.9 Å². The van der Waals surface area contributed by atoms with Gasteiger partial charge in [-0.2, -0.15) is 0 Å². The number of hydrogen-bond acceptors (Lipinski definition) is 6. The predicted molar refractivity (Wildman–Crippen MR) is 134 cm³/mol. The van der Waals surface area contributed by atoms with E-state index in [0.717, 1.165) is 50.6 Å². The number of piperazine rings is 1. The van der Waals surface area contributed by atoms with Gasteiger partial charge in [0.1, 0.15) is 0 Å². The fraction of sp³-hybridized carbons (Fsp3) is 0.481. The Balaban J connectivity index is 0.000000371. The highest BCUT2D eigenvalue weighted by Crippen LogP contribution is 2.34. The number of anilines is 1. The van der Waals surface area contributed by atoms with Crippen molar-refractivity contribution in [2.45, 2.75) is 50.9 Å². The Morgan fingerprint density at radius 3 is 1.94 bits per heavy atom. The topological polar surface area (TPSA) is 122 Å². The molecule has 0 bridgehead atoms. The first kappa shape index (κ1) is 26.3. The minimum Gasteiger partial charge on any atom is -0.504 e. The maximum absolute atomic E-state index is 9.64. The van der Waals surface area contributed by atoms with E-state index in [2.05, 4.69) is 34.1 Å². The molecule has 1 saturated heterocycles. The molecule has 190 valence electrons. The molecule has 1 aliphatic heterocycles. The summed E-state index contributed by atoms with van der Waals surface area (Å²) in [5.41, 5.74) is 3.93. The van der Waals surface area contributed by atoms with E-state index in [1.54, 1.807) is 12.1 Å². The van der Waals surface area contributed by atoms with Crippen molar-refractivity contribution in [3.05, 3.63) is 53.6 Å². The van der Waals surface area contributed by atoms with Gasteiger partial charge >= 0.3 is 11.9 Å².